The number of carbonyl (C=O) groups excluding carboxylic acids is 1. The van der Waals surface area contributed by atoms with Crippen molar-refractivity contribution in [2.75, 3.05) is 32.9 Å². The molecular weight excluding hydrogens is 294 g/mol. The van der Waals surface area contributed by atoms with Crippen LogP contribution in [-0.4, -0.2) is 60.0 Å². The highest BCUT2D eigenvalue weighted by Gasteiger charge is 2.26. The highest BCUT2D eigenvalue weighted by molar-refractivity contribution is 5.76. The molecule has 2 aliphatic heterocycles. The molecule has 2 saturated heterocycles. The van der Waals surface area contributed by atoms with Crippen molar-refractivity contribution < 1.29 is 14.3 Å². The Morgan fingerprint density at radius 3 is 3.13 bits per heavy atom. The smallest absolute Gasteiger partial charge is 0.224 e. The van der Waals surface area contributed by atoms with Gasteiger partial charge in [0.05, 0.1) is 31.4 Å². The molecule has 0 bridgehead atoms. The van der Waals surface area contributed by atoms with Gasteiger partial charge in [0.2, 0.25) is 5.91 Å². The number of likely N-dealkylation sites (tertiary alicyclic amines) is 1. The van der Waals surface area contributed by atoms with Crippen LogP contribution in [0.1, 0.15) is 49.4 Å². The van der Waals surface area contributed by atoms with Gasteiger partial charge in [-0.1, -0.05) is 0 Å². The maximum absolute atomic E-state index is 12.4. The molecule has 1 N–H and O–H groups in total. The molecule has 3 heterocycles. The second-order valence-electron chi connectivity index (χ2n) is 6.61. The highest BCUT2D eigenvalue weighted by atomic mass is 16.5. The van der Waals surface area contributed by atoms with E-state index in [-0.39, 0.29) is 12.0 Å². The Bertz CT molecular complexity index is 511. The zero-order valence-electron chi connectivity index (χ0n) is 13.9. The summed E-state index contributed by atoms with van der Waals surface area (Å²) in [5.41, 5.74) is 2.15. The van der Waals surface area contributed by atoms with E-state index in [1.807, 2.05) is 11.8 Å². The number of nitrogens with one attached hydrogen (secondary N) is 1. The van der Waals surface area contributed by atoms with E-state index < -0.39 is 0 Å². The number of aryl methyl sites for hydroxylation is 1. The van der Waals surface area contributed by atoms with Gasteiger partial charge in [-0.25, -0.2) is 0 Å². The highest BCUT2D eigenvalue weighted by Crippen LogP contribution is 2.26. The maximum Gasteiger partial charge on any atom is 0.224 e. The van der Waals surface area contributed by atoms with Crippen molar-refractivity contribution in [2.45, 2.75) is 51.0 Å². The van der Waals surface area contributed by atoms with Crippen LogP contribution in [-0.2, 0) is 14.3 Å². The number of hydrogen-bond acceptors (Lipinski definition) is 4. The lowest BCUT2D eigenvalue weighted by molar-refractivity contribution is -0.133. The number of nitrogens with zero attached hydrogens (tertiary/aromatic N) is 2. The van der Waals surface area contributed by atoms with Gasteiger partial charge in [-0.2, -0.15) is 5.10 Å². The fourth-order valence-corrected chi connectivity index (χ4v) is 3.40. The molecule has 2 aliphatic rings. The first-order valence-electron chi connectivity index (χ1n) is 8.71. The minimum absolute atomic E-state index is 0.189. The predicted molar refractivity (Wildman–Crippen MR) is 86.3 cm³/mol. The third kappa shape index (κ3) is 4.54. The first-order valence-corrected chi connectivity index (χ1v) is 8.71. The standard InChI is InChI=1S/C17H27N3O3/c1-13-10-16(19-18-13)14-4-2-7-20(11-14)17(21)6-9-22-12-15-5-3-8-23-15/h10,14-15H,2-9,11-12H2,1H3,(H,18,19)/t14-,15-/m0/s1. The summed E-state index contributed by atoms with van der Waals surface area (Å²) < 4.78 is 11.1. The fraction of sp³-hybridized carbons (Fsp3) is 0.765. The Hall–Kier alpha value is -1.40. The molecule has 0 saturated carbocycles. The average Bonchev–Trinajstić information content (AvgIpc) is 3.23. The van der Waals surface area contributed by atoms with Crippen molar-refractivity contribution in [2.24, 2.45) is 0 Å². The predicted octanol–water partition coefficient (Wildman–Crippen LogP) is 2.01. The number of rotatable bonds is 6. The molecule has 6 nitrogen and oxygen atoms in total. The largest absolute Gasteiger partial charge is 0.378 e. The van der Waals surface area contributed by atoms with Crippen molar-refractivity contribution in [3.05, 3.63) is 17.5 Å². The third-order valence-corrected chi connectivity index (χ3v) is 4.71. The summed E-state index contributed by atoms with van der Waals surface area (Å²) in [6.07, 6.45) is 5.02. The molecule has 0 aliphatic carbocycles. The van der Waals surface area contributed by atoms with E-state index in [0.29, 0.717) is 25.6 Å². The van der Waals surface area contributed by atoms with Gasteiger partial charge < -0.3 is 14.4 Å². The van der Waals surface area contributed by atoms with Crippen LogP contribution in [0.2, 0.25) is 0 Å². The maximum atomic E-state index is 12.4. The monoisotopic (exact) mass is 321 g/mol. The van der Waals surface area contributed by atoms with Crippen molar-refractivity contribution in [1.82, 2.24) is 15.1 Å². The average molecular weight is 321 g/mol. The minimum atomic E-state index is 0.189. The Labute approximate surface area is 137 Å². The van der Waals surface area contributed by atoms with Gasteiger partial charge in [0, 0.05) is 31.3 Å². The van der Waals surface area contributed by atoms with Crippen LogP contribution in [0.25, 0.3) is 0 Å². The van der Waals surface area contributed by atoms with Crippen LogP contribution in [0.15, 0.2) is 6.07 Å². The van der Waals surface area contributed by atoms with E-state index in [0.717, 1.165) is 56.8 Å². The Kier molecular flexibility index (Phi) is 5.67. The molecule has 128 valence electrons. The molecule has 1 amide bonds. The summed E-state index contributed by atoms with van der Waals surface area (Å²) >= 11 is 0. The molecule has 0 aromatic carbocycles. The lowest BCUT2D eigenvalue weighted by atomic mass is 9.94. The molecule has 0 spiro atoms. The van der Waals surface area contributed by atoms with Crippen LogP contribution in [0.4, 0.5) is 0 Å². The van der Waals surface area contributed by atoms with E-state index >= 15 is 0 Å². The lowest BCUT2D eigenvalue weighted by Crippen LogP contribution is -2.39. The number of hydrogen-bond donors (Lipinski definition) is 1. The van der Waals surface area contributed by atoms with Gasteiger partial charge >= 0.3 is 0 Å². The van der Waals surface area contributed by atoms with Gasteiger partial charge in [0.25, 0.3) is 0 Å². The first-order chi connectivity index (χ1) is 11.2. The summed E-state index contributed by atoms with van der Waals surface area (Å²) in [6.45, 7) is 5.57. The topological polar surface area (TPSA) is 67.5 Å². The van der Waals surface area contributed by atoms with Crippen molar-refractivity contribution in [3.8, 4) is 0 Å². The Morgan fingerprint density at radius 2 is 2.39 bits per heavy atom. The fourth-order valence-electron chi connectivity index (χ4n) is 3.40. The molecule has 0 radical (unpaired) electrons. The summed E-state index contributed by atoms with van der Waals surface area (Å²) in [7, 11) is 0. The Balaban J connectivity index is 1.40. The van der Waals surface area contributed by atoms with Crippen molar-refractivity contribution in [1.29, 1.82) is 0 Å². The molecule has 6 heteroatoms. The number of aromatic nitrogens is 2. The second kappa shape index (κ2) is 7.93. The van der Waals surface area contributed by atoms with Crippen LogP contribution in [0, 0.1) is 6.92 Å². The molecule has 23 heavy (non-hydrogen) atoms. The van der Waals surface area contributed by atoms with Gasteiger partial charge in [0.15, 0.2) is 0 Å². The summed E-state index contributed by atoms with van der Waals surface area (Å²) in [6, 6.07) is 2.09. The SMILES string of the molecule is Cc1cc([C@H]2CCCN(C(=O)CCOC[C@@H]3CCCO3)C2)n[nH]1. The molecule has 2 fully saturated rings. The second-order valence-corrected chi connectivity index (χ2v) is 6.61. The molecule has 1 aromatic heterocycles. The number of aromatic amines is 1. The zero-order valence-corrected chi connectivity index (χ0v) is 13.9. The number of amides is 1. The van der Waals surface area contributed by atoms with Crippen LogP contribution in [0.3, 0.4) is 0 Å². The lowest BCUT2D eigenvalue weighted by Gasteiger charge is -2.32. The van der Waals surface area contributed by atoms with Crippen LogP contribution < -0.4 is 0 Å². The van der Waals surface area contributed by atoms with E-state index in [1.165, 1.54) is 0 Å². The number of carbonyl (C=O) groups is 1. The van der Waals surface area contributed by atoms with Crippen molar-refractivity contribution >= 4 is 5.91 Å². The number of piperidine rings is 1. The van der Waals surface area contributed by atoms with Gasteiger partial charge in [-0.15, -0.1) is 0 Å². The summed E-state index contributed by atoms with van der Waals surface area (Å²) in [5.74, 6) is 0.541. The van der Waals surface area contributed by atoms with Crippen LogP contribution >= 0.6 is 0 Å². The molecule has 0 unspecified atom stereocenters. The van der Waals surface area contributed by atoms with Crippen LogP contribution in [0.5, 0.6) is 0 Å². The normalized spacial score (nSPS) is 25.0. The number of H-pyrrole nitrogens is 1. The van der Waals surface area contributed by atoms with E-state index in [9.17, 15) is 4.79 Å². The molecule has 3 rings (SSSR count). The quantitative estimate of drug-likeness (QED) is 0.814. The van der Waals surface area contributed by atoms with E-state index in [4.69, 9.17) is 9.47 Å². The zero-order chi connectivity index (χ0) is 16.1. The van der Waals surface area contributed by atoms with Gasteiger partial charge in [0.1, 0.15) is 0 Å². The van der Waals surface area contributed by atoms with E-state index in [2.05, 4.69) is 16.3 Å². The molecule has 2 atom stereocenters. The summed E-state index contributed by atoms with van der Waals surface area (Å²) in [5, 5.41) is 7.34. The first kappa shape index (κ1) is 16.5. The van der Waals surface area contributed by atoms with E-state index in [1.54, 1.807) is 0 Å². The molecular formula is C17H27N3O3. The summed E-state index contributed by atoms with van der Waals surface area (Å²) in [4.78, 5) is 14.3. The Morgan fingerprint density at radius 1 is 1.48 bits per heavy atom. The third-order valence-electron chi connectivity index (χ3n) is 4.71. The number of ether oxygens (including phenoxy) is 2. The van der Waals surface area contributed by atoms with Gasteiger partial charge in [-0.05, 0) is 38.7 Å². The minimum Gasteiger partial charge on any atom is -0.378 e. The molecule has 1 aromatic rings. The van der Waals surface area contributed by atoms with Crippen molar-refractivity contribution in [3.63, 3.8) is 0 Å². The van der Waals surface area contributed by atoms with Gasteiger partial charge in [-0.3, -0.25) is 9.89 Å².